The molecular weight excluding hydrogens is 530 g/mol. The van der Waals surface area contributed by atoms with Gasteiger partial charge in [-0.05, 0) is 68.7 Å². The molecule has 4 rings (SSSR count). The van der Waals surface area contributed by atoms with Gasteiger partial charge in [-0.3, -0.25) is 19.2 Å². The quantitative estimate of drug-likeness (QED) is 0.191. The molecule has 0 saturated carbocycles. The molecule has 1 saturated heterocycles. The Morgan fingerprint density at radius 1 is 1.08 bits per heavy atom. The van der Waals surface area contributed by atoms with Gasteiger partial charge in [-0.25, -0.2) is 9.40 Å². The highest BCUT2D eigenvalue weighted by atomic mass is 35.5. The first-order chi connectivity index (χ1) is 17.1. The van der Waals surface area contributed by atoms with Crippen LogP contribution in [0.3, 0.4) is 0 Å². The van der Waals surface area contributed by atoms with Gasteiger partial charge in [0.2, 0.25) is 0 Å². The fourth-order valence-electron chi connectivity index (χ4n) is 4.66. The van der Waals surface area contributed by atoms with E-state index in [1.165, 1.54) is 30.3 Å². The molecule has 0 aromatic heterocycles. The molecule has 10 heteroatoms. The summed E-state index contributed by atoms with van der Waals surface area (Å²) >= 11 is 18.3. The summed E-state index contributed by atoms with van der Waals surface area (Å²) in [6, 6.07) is 7.61. The second-order valence-electron chi connectivity index (χ2n) is 8.83. The van der Waals surface area contributed by atoms with Crippen LogP contribution in [0.15, 0.2) is 54.1 Å². The standard InChI is InChI=1S/C26H22Cl3FN2O4/c1-14-2-8-18-20(12-14)26(36)32(24(18)34)31(25(35)19-9-5-16(28)13-21(19)29)22(10-11-27)23(33)15-3-6-17(30)7-4-15/h2-7,9,13,18,20,22H,8,10-12H2,1H3/t18-,20+,22-/m0/s1. The molecule has 36 heavy (non-hydrogen) atoms. The summed E-state index contributed by atoms with van der Waals surface area (Å²) in [5.41, 5.74) is 1.02. The Morgan fingerprint density at radius 2 is 1.75 bits per heavy atom. The second-order valence-corrected chi connectivity index (χ2v) is 10.1. The lowest BCUT2D eigenvalue weighted by Gasteiger charge is -2.36. The zero-order valence-electron chi connectivity index (χ0n) is 19.2. The molecule has 3 atom stereocenters. The van der Waals surface area contributed by atoms with Crippen LogP contribution in [0, 0.1) is 17.7 Å². The van der Waals surface area contributed by atoms with E-state index in [9.17, 15) is 23.6 Å². The lowest BCUT2D eigenvalue weighted by atomic mass is 9.82. The summed E-state index contributed by atoms with van der Waals surface area (Å²) in [6.07, 6.45) is 2.56. The lowest BCUT2D eigenvalue weighted by Crippen LogP contribution is -2.57. The number of imide groups is 1. The number of ketones is 1. The molecule has 6 nitrogen and oxygen atoms in total. The van der Waals surface area contributed by atoms with E-state index in [2.05, 4.69) is 0 Å². The summed E-state index contributed by atoms with van der Waals surface area (Å²) < 4.78 is 13.5. The number of hydrogen-bond donors (Lipinski definition) is 0. The molecule has 1 aliphatic carbocycles. The summed E-state index contributed by atoms with van der Waals surface area (Å²) in [6.45, 7) is 1.88. The van der Waals surface area contributed by atoms with E-state index in [0.29, 0.717) is 12.8 Å². The van der Waals surface area contributed by atoms with Crippen molar-refractivity contribution in [2.45, 2.75) is 32.2 Å². The molecule has 0 radical (unpaired) electrons. The van der Waals surface area contributed by atoms with Crippen molar-refractivity contribution < 1.29 is 23.6 Å². The molecule has 188 valence electrons. The third kappa shape index (κ3) is 4.92. The Bertz CT molecular complexity index is 1260. The molecule has 1 aliphatic heterocycles. The number of amides is 3. The summed E-state index contributed by atoms with van der Waals surface area (Å²) in [5, 5.41) is 1.93. The predicted octanol–water partition coefficient (Wildman–Crippen LogP) is 5.71. The molecule has 0 N–H and O–H groups in total. The van der Waals surface area contributed by atoms with Gasteiger partial charge in [-0.1, -0.05) is 34.9 Å². The SMILES string of the molecule is CC1=CC[C@@H]2C(=O)N(N(C(=O)c3ccc(Cl)cc3Cl)[C@@H](CCCl)C(=O)c3ccc(F)cc3)C(=O)[C@@H]2C1. The third-order valence-corrected chi connectivity index (χ3v) is 7.26. The van der Waals surface area contributed by atoms with Gasteiger partial charge in [0, 0.05) is 16.5 Å². The Labute approximate surface area is 222 Å². The van der Waals surface area contributed by atoms with E-state index in [0.717, 1.165) is 27.7 Å². The molecule has 2 aromatic carbocycles. The van der Waals surface area contributed by atoms with E-state index >= 15 is 0 Å². The van der Waals surface area contributed by atoms with Crippen molar-refractivity contribution in [1.82, 2.24) is 10.0 Å². The number of rotatable bonds is 7. The maximum absolute atomic E-state index is 13.9. The van der Waals surface area contributed by atoms with Crippen molar-refractivity contribution in [2.24, 2.45) is 11.8 Å². The first kappa shape index (κ1) is 26.3. The largest absolute Gasteiger partial charge is 0.292 e. The van der Waals surface area contributed by atoms with Gasteiger partial charge in [-0.2, -0.15) is 5.01 Å². The number of benzene rings is 2. The molecule has 0 unspecified atom stereocenters. The van der Waals surface area contributed by atoms with Gasteiger partial charge < -0.3 is 0 Å². The first-order valence-electron chi connectivity index (χ1n) is 11.3. The van der Waals surface area contributed by atoms with Crippen molar-refractivity contribution in [3.8, 4) is 0 Å². The van der Waals surface area contributed by atoms with E-state index in [-0.39, 0.29) is 33.5 Å². The minimum Gasteiger partial charge on any atom is -0.292 e. The van der Waals surface area contributed by atoms with Crippen LogP contribution in [0.1, 0.15) is 46.9 Å². The highest BCUT2D eigenvalue weighted by molar-refractivity contribution is 6.36. The molecule has 0 spiro atoms. The Hall–Kier alpha value is -2.74. The maximum Gasteiger partial charge on any atom is 0.275 e. The van der Waals surface area contributed by atoms with Gasteiger partial charge in [0.1, 0.15) is 11.9 Å². The van der Waals surface area contributed by atoms with Crippen molar-refractivity contribution >= 4 is 58.3 Å². The van der Waals surface area contributed by atoms with Crippen LogP contribution in [0.5, 0.6) is 0 Å². The molecule has 2 aromatic rings. The number of halogens is 4. The molecule has 1 heterocycles. The number of fused-ring (bicyclic) bond motifs is 1. The number of carbonyl (C=O) groups is 4. The Kier molecular flexibility index (Phi) is 7.83. The molecular formula is C26H22Cl3FN2O4. The zero-order chi connectivity index (χ0) is 26.1. The van der Waals surface area contributed by atoms with Crippen LogP contribution >= 0.6 is 34.8 Å². The summed E-state index contributed by atoms with van der Waals surface area (Å²) in [5.74, 6) is -4.45. The van der Waals surface area contributed by atoms with Gasteiger partial charge in [0.25, 0.3) is 17.7 Å². The number of allylic oxidation sites excluding steroid dienone is 2. The number of nitrogens with zero attached hydrogens (tertiary/aromatic N) is 2. The number of hydrazine groups is 1. The van der Waals surface area contributed by atoms with Crippen molar-refractivity contribution in [3.05, 3.63) is 81.1 Å². The molecule has 3 amide bonds. The van der Waals surface area contributed by atoms with Crippen molar-refractivity contribution in [2.75, 3.05) is 5.88 Å². The Morgan fingerprint density at radius 3 is 2.39 bits per heavy atom. The molecule has 0 bridgehead atoms. The van der Waals surface area contributed by atoms with Crippen molar-refractivity contribution in [3.63, 3.8) is 0 Å². The van der Waals surface area contributed by atoms with E-state index in [4.69, 9.17) is 34.8 Å². The smallest absolute Gasteiger partial charge is 0.275 e. The number of Topliss-reactive ketones (excluding diaryl/α,β-unsaturated/α-hetero) is 1. The fraction of sp³-hybridized carbons (Fsp3) is 0.308. The molecule has 1 fully saturated rings. The van der Waals surface area contributed by atoms with E-state index in [1.807, 2.05) is 13.0 Å². The number of hydrogen-bond acceptors (Lipinski definition) is 4. The second kappa shape index (κ2) is 10.7. The monoisotopic (exact) mass is 550 g/mol. The first-order valence-corrected chi connectivity index (χ1v) is 12.6. The zero-order valence-corrected chi connectivity index (χ0v) is 21.5. The van der Waals surface area contributed by atoms with Gasteiger partial charge in [0.05, 0.1) is 22.4 Å². The predicted molar refractivity (Wildman–Crippen MR) is 134 cm³/mol. The van der Waals surface area contributed by atoms with E-state index < -0.39 is 47.2 Å². The third-order valence-electron chi connectivity index (χ3n) is 6.49. The van der Waals surface area contributed by atoms with Crippen LogP contribution in [0.2, 0.25) is 10.0 Å². The highest BCUT2D eigenvalue weighted by Gasteiger charge is 2.53. The van der Waals surface area contributed by atoms with Crippen LogP contribution in [-0.4, -0.2) is 45.4 Å². The summed E-state index contributed by atoms with van der Waals surface area (Å²) in [4.78, 5) is 54.6. The van der Waals surface area contributed by atoms with Crippen LogP contribution in [0.25, 0.3) is 0 Å². The minimum atomic E-state index is -1.32. The van der Waals surface area contributed by atoms with Crippen LogP contribution in [0.4, 0.5) is 4.39 Å². The minimum absolute atomic E-state index is 0.00891. The maximum atomic E-state index is 13.9. The van der Waals surface area contributed by atoms with Crippen LogP contribution in [-0.2, 0) is 9.59 Å². The number of carbonyl (C=O) groups excluding carboxylic acids is 4. The highest BCUT2D eigenvalue weighted by Crippen LogP contribution is 2.40. The topological polar surface area (TPSA) is 74.8 Å². The molecule has 2 aliphatic rings. The lowest BCUT2D eigenvalue weighted by molar-refractivity contribution is -0.156. The van der Waals surface area contributed by atoms with Crippen molar-refractivity contribution in [1.29, 1.82) is 0 Å². The average molecular weight is 552 g/mol. The number of alkyl halides is 1. The normalized spacial score (nSPS) is 20.1. The van der Waals surface area contributed by atoms with Gasteiger partial charge in [0.15, 0.2) is 5.78 Å². The van der Waals surface area contributed by atoms with Crippen LogP contribution < -0.4 is 0 Å². The Balaban J connectivity index is 1.83. The van der Waals surface area contributed by atoms with Gasteiger partial charge in [-0.15, -0.1) is 11.6 Å². The fourth-order valence-corrected chi connectivity index (χ4v) is 5.36. The average Bonchev–Trinajstić information content (AvgIpc) is 3.08. The van der Waals surface area contributed by atoms with Gasteiger partial charge >= 0.3 is 0 Å². The van der Waals surface area contributed by atoms with E-state index in [1.54, 1.807) is 0 Å². The summed E-state index contributed by atoms with van der Waals surface area (Å²) in [7, 11) is 0.